The van der Waals surface area contributed by atoms with Crippen LogP contribution in [-0.2, 0) is 4.79 Å². The maximum Gasteiger partial charge on any atom is 0.150 e. The van der Waals surface area contributed by atoms with E-state index in [2.05, 4.69) is 57.2 Å². The van der Waals surface area contributed by atoms with Gasteiger partial charge in [0, 0.05) is 5.56 Å². The fourth-order valence-electron chi connectivity index (χ4n) is 1.82. The summed E-state index contributed by atoms with van der Waals surface area (Å²) in [7, 11) is 0. The Morgan fingerprint density at radius 3 is 1.07 bits per heavy atom. The van der Waals surface area contributed by atoms with Gasteiger partial charge in [-0.25, -0.2) is 0 Å². The summed E-state index contributed by atoms with van der Waals surface area (Å²) in [4.78, 5) is 18.9. The van der Waals surface area contributed by atoms with Gasteiger partial charge in [0.2, 0.25) is 0 Å². The van der Waals surface area contributed by atoms with Crippen molar-refractivity contribution < 1.29 is 9.59 Å². The lowest BCUT2D eigenvalue weighted by atomic mass is 10.2. The van der Waals surface area contributed by atoms with E-state index in [1.54, 1.807) is 0 Å². The van der Waals surface area contributed by atoms with Crippen LogP contribution in [0, 0.1) is 27.7 Å². The Morgan fingerprint density at radius 2 is 0.815 bits per heavy atom. The van der Waals surface area contributed by atoms with Crippen LogP contribution in [0.25, 0.3) is 0 Å². The highest BCUT2D eigenvalue weighted by Gasteiger charge is 1.85. The van der Waals surface area contributed by atoms with E-state index in [9.17, 15) is 4.79 Å². The Labute approximate surface area is 163 Å². The number of hydrogen-bond donors (Lipinski definition) is 0. The van der Waals surface area contributed by atoms with Gasteiger partial charge < -0.3 is 4.79 Å². The van der Waals surface area contributed by atoms with Crippen molar-refractivity contribution in [2.45, 2.75) is 34.6 Å². The van der Waals surface area contributed by atoms with Crippen LogP contribution in [0.15, 0.2) is 78.9 Å². The van der Waals surface area contributed by atoms with Gasteiger partial charge in [0.1, 0.15) is 12.6 Å². The molecule has 0 aromatic heterocycles. The predicted molar refractivity (Wildman–Crippen MR) is 115 cm³/mol. The fraction of sp³-hybridized carbons (Fsp3) is 0.200. The molecule has 0 radical (unpaired) electrons. The van der Waals surface area contributed by atoms with E-state index in [1.165, 1.54) is 29.2 Å². The molecule has 0 aliphatic heterocycles. The minimum atomic E-state index is 0.737. The van der Waals surface area contributed by atoms with E-state index in [4.69, 9.17) is 4.79 Å². The molecule has 0 saturated carbocycles. The first kappa shape index (κ1) is 24.0. The van der Waals surface area contributed by atoms with Gasteiger partial charge in [-0.05, 0) is 34.6 Å². The molecule has 2 nitrogen and oxygen atoms in total. The Bertz CT molecular complexity index is 722. The normalized spacial score (nSPS) is 8.48. The van der Waals surface area contributed by atoms with E-state index in [-0.39, 0.29) is 0 Å². The third-order valence-electron chi connectivity index (χ3n) is 3.37. The van der Waals surface area contributed by atoms with Gasteiger partial charge in [0.25, 0.3) is 0 Å². The summed E-state index contributed by atoms with van der Waals surface area (Å²) in [6.45, 7) is 9.72. The molecule has 0 heterocycles. The Balaban J connectivity index is 0.000000352. The van der Waals surface area contributed by atoms with Crippen molar-refractivity contribution in [2.75, 3.05) is 0 Å². The lowest BCUT2D eigenvalue weighted by molar-refractivity contribution is -0.106. The monoisotopic (exact) mass is 362 g/mol. The largest absolute Gasteiger partial charge is 0.304 e. The van der Waals surface area contributed by atoms with Crippen molar-refractivity contribution in [3.05, 3.63) is 107 Å². The van der Waals surface area contributed by atoms with Crippen LogP contribution in [0.3, 0.4) is 0 Å². The standard InChI is InChI=1S/C8H8O.C8H10.C7H8.C2H4O/c1-7-2-4-8(6-9)5-3-7;1-7-3-5-8(2)6-4-7;1-7-5-3-2-4-6-7;1-2-3/h2-6H,1H3;3-6H,1-2H3;2-6H,1H3;2H,1H3. The second-order valence-electron chi connectivity index (χ2n) is 6.07. The predicted octanol–water partition coefficient (Wildman–Crippen LogP) is 6.31. The molecule has 0 aliphatic rings. The highest BCUT2D eigenvalue weighted by Crippen LogP contribution is 2.00. The summed E-state index contributed by atoms with van der Waals surface area (Å²) in [6, 6.07) is 26.2. The first-order chi connectivity index (χ1) is 12.9. The van der Waals surface area contributed by atoms with Crippen LogP contribution in [-0.4, -0.2) is 12.6 Å². The second-order valence-corrected chi connectivity index (χ2v) is 6.07. The number of carbonyl (C=O) groups is 2. The average molecular weight is 363 g/mol. The molecule has 0 unspecified atom stereocenters. The topological polar surface area (TPSA) is 34.1 Å². The summed E-state index contributed by atoms with van der Waals surface area (Å²) in [5, 5.41) is 0. The van der Waals surface area contributed by atoms with E-state index < -0.39 is 0 Å². The fourth-order valence-corrected chi connectivity index (χ4v) is 1.82. The van der Waals surface area contributed by atoms with Crippen LogP contribution >= 0.6 is 0 Å². The molecular weight excluding hydrogens is 332 g/mol. The van der Waals surface area contributed by atoms with Crippen LogP contribution in [0.4, 0.5) is 0 Å². The van der Waals surface area contributed by atoms with Gasteiger partial charge >= 0.3 is 0 Å². The van der Waals surface area contributed by atoms with Crippen molar-refractivity contribution in [1.29, 1.82) is 0 Å². The number of hydrogen-bond acceptors (Lipinski definition) is 2. The highest BCUT2D eigenvalue weighted by atomic mass is 16.1. The molecule has 27 heavy (non-hydrogen) atoms. The minimum absolute atomic E-state index is 0.737. The van der Waals surface area contributed by atoms with Crippen LogP contribution < -0.4 is 0 Å². The van der Waals surface area contributed by atoms with Crippen molar-refractivity contribution in [3.63, 3.8) is 0 Å². The summed E-state index contributed by atoms with van der Waals surface area (Å²) in [5.41, 5.74) is 5.90. The maximum absolute atomic E-state index is 10.1. The van der Waals surface area contributed by atoms with Crippen molar-refractivity contribution in [1.82, 2.24) is 0 Å². The lowest BCUT2D eigenvalue weighted by Crippen LogP contribution is -1.77. The second kappa shape index (κ2) is 15.3. The number of aldehydes is 2. The maximum atomic E-state index is 10.1. The van der Waals surface area contributed by atoms with Crippen molar-refractivity contribution in [3.8, 4) is 0 Å². The number of aryl methyl sites for hydroxylation is 4. The molecule has 3 aromatic rings. The third kappa shape index (κ3) is 13.9. The summed E-state index contributed by atoms with van der Waals surface area (Å²) in [6.07, 6.45) is 1.60. The number of rotatable bonds is 1. The highest BCUT2D eigenvalue weighted by molar-refractivity contribution is 5.74. The quantitative estimate of drug-likeness (QED) is 0.475. The van der Waals surface area contributed by atoms with Crippen LogP contribution in [0.2, 0.25) is 0 Å². The first-order valence-corrected chi connectivity index (χ1v) is 8.89. The van der Waals surface area contributed by atoms with Gasteiger partial charge in [-0.3, -0.25) is 4.79 Å². The molecule has 0 aliphatic carbocycles. The van der Waals surface area contributed by atoms with Gasteiger partial charge in [0.15, 0.2) is 0 Å². The van der Waals surface area contributed by atoms with Gasteiger partial charge in [-0.1, -0.05) is 101 Å². The summed E-state index contributed by atoms with van der Waals surface area (Å²) in [5.74, 6) is 0. The molecule has 142 valence electrons. The Hall–Kier alpha value is -3.00. The van der Waals surface area contributed by atoms with Gasteiger partial charge in [0.05, 0.1) is 0 Å². The molecule has 0 N–H and O–H groups in total. The molecule has 3 aromatic carbocycles. The number of carbonyl (C=O) groups excluding carboxylic acids is 2. The number of benzene rings is 3. The molecular formula is C25H30O2. The summed E-state index contributed by atoms with van der Waals surface area (Å²) >= 11 is 0. The van der Waals surface area contributed by atoms with Crippen LogP contribution in [0.5, 0.6) is 0 Å². The molecule has 2 heteroatoms. The average Bonchev–Trinajstić information content (AvgIpc) is 2.67. The van der Waals surface area contributed by atoms with Crippen LogP contribution in [0.1, 0.15) is 39.5 Å². The third-order valence-corrected chi connectivity index (χ3v) is 3.37. The van der Waals surface area contributed by atoms with E-state index in [1.807, 2.05) is 49.4 Å². The Kier molecular flexibility index (Phi) is 13.6. The Morgan fingerprint density at radius 1 is 0.519 bits per heavy atom. The molecule has 0 spiro atoms. The van der Waals surface area contributed by atoms with E-state index in [0.717, 1.165) is 18.1 Å². The molecule has 0 fully saturated rings. The van der Waals surface area contributed by atoms with Gasteiger partial charge in [-0.2, -0.15) is 0 Å². The molecule has 0 atom stereocenters. The smallest absolute Gasteiger partial charge is 0.150 e. The minimum Gasteiger partial charge on any atom is -0.304 e. The van der Waals surface area contributed by atoms with Crippen molar-refractivity contribution in [2.24, 2.45) is 0 Å². The first-order valence-electron chi connectivity index (χ1n) is 8.89. The van der Waals surface area contributed by atoms with Crippen molar-refractivity contribution >= 4 is 12.6 Å². The molecule has 0 amide bonds. The molecule has 0 saturated heterocycles. The zero-order valence-corrected chi connectivity index (χ0v) is 17.0. The lowest BCUT2D eigenvalue weighted by Gasteiger charge is -1.90. The molecule has 3 rings (SSSR count). The van der Waals surface area contributed by atoms with E-state index >= 15 is 0 Å². The summed E-state index contributed by atoms with van der Waals surface area (Å²) < 4.78 is 0. The van der Waals surface area contributed by atoms with Gasteiger partial charge in [-0.15, -0.1) is 0 Å². The van der Waals surface area contributed by atoms with E-state index in [0.29, 0.717) is 0 Å². The molecule has 0 bridgehead atoms. The zero-order chi connectivity index (χ0) is 20.5. The SMILES string of the molecule is CC=O.Cc1ccc(C)cc1.Cc1ccc(C=O)cc1.Cc1ccccc1. The zero-order valence-electron chi connectivity index (χ0n) is 17.0.